The Bertz CT molecular complexity index is 469. The topological polar surface area (TPSA) is 67.8 Å². The molecule has 0 saturated heterocycles. The summed E-state index contributed by atoms with van der Waals surface area (Å²) in [7, 11) is 0. The fourth-order valence-corrected chi connectivity index (χ4v) is 2.64. The third kappa shape index (κ3) is 3.53. The smallest absolute Gasteiger partial charge is 0.171 e. The van der Waals surface area contributed by atoms with Crippen molar-refractivity contribution >= 4 is 17.4 Å². The number of nitrogens with two attached hydrogens (primary N) is 1. The van der Waals surface area contributed by atoms with Crippen LogP contribution in [-0.2, 0) is 0 Å². The standard InChI is InChI=1S/C14H19ClN2O2/c1-9-2-4-10(5-3-9)19-11-6-7-12(13(15)8-11)14(16)17-18/h6-10,18H,2-5H2,1H3,(H2,16,17). The maximum Gasteiger partial charge on any atom is 0.171 e. The monoisotopic (exact) mass is 282 g/mol. The molecule has 104 valence electrons. The van der Waals surface area contributed by atoms with E-state index in [1.807, 2.05) is 0 Å². The van der Waals surface area contributed by atoms with Crippen LogP contribution in [-0.4, -0.2) is 17.1 Å². The van der Waals surface area contributed by atoms with E-state index in [2.05, 4.69) is 12.1 Å². The van der Waals surface area contributed by atoms with Crippen LogP contribution in [0.1, 0.15) is 38.2 Å². The summed E-state index contributed by atoms with van der Waals surface area (Å²) in [5.74, 6) is 1.54. The van der Waals surface area contributed by atoms with Gasteiger partial charge in [-0.2, -0.15) is 0 Å². The largest absolute Gasteiger partial charge is 0.490 e. The molecule has 1 aliphatic rings. The van der Waals surface area contributed by atoms with Crippen LogP contribution >= 0.6 is 11.6 Å². The van der Waals surface area contributed by atoms with Gasteiger partial charge in [0.1, 0.15) is 5.75 Å². The zero-order valence-electron chi connectivity index (χ0n) is 11.0. The number of nitrogens with zero attached hydrogens (tertiary/aromatic N) is 1. The highest BCUT2D eigenvalue weighted by molar-refractivity contribution is 6.34. The van der Waals surface area contributed by atoms with Crippen molar-refractivity contribution in [2.45, 2.75) is 38.7 Å². The van der Waals surface area contributed by atoms with Crippen LogP contribution < -0.4 is 10.5 Å². The maximum absolute atomic E-state index is 8.64. The van der Waals surface area contributed by atoms with Gasteiger partial charge in [-0.05, 0) is 49.8 Å². The normalized spacial score (nSPS) is 24.2. The summed E-state index contributed by atoms with van der Waals surface area (Å²) in [6.45, 7) is 2.28. The molecule has 4 nitrogen and oxygen atoms in total. The molecule has 0 aromatic heterocycles. The minimum absolute atomic E-state index is 0.00282. The van der Waals surface area contributed by atoms with Crippen molar-refractivity contribution in [3.05, 3.63) is 28.8 Å². The number of hydrogen-bond donors (Lipinski definition) is 2. The zero-order valence-corrected chi connectivity index (χ0v) is 11.7. The molecule has 1 aromatic carbocycles. The fraction of sp³-hybridized carbons (Fsp3) is 0.500. The van der Waals surface area contributed by atoms with Crippen LogP contribution in [0.3, 0.4) is 0 Å². The predicted molar refractivity (Wildman–Crippen MR) is 76.0 cm³/mol. The minimum atomic E-state index is 0.00282. The van der Waals surface area contributed by atoms with Crippen molar-refractivity contribution in [1.82, 2.24) is 0 Å². The number of benzene rings is 1. The molecule has 0 radical (unpaired) electrons. The van der Waals surface area contributed by atoms with Gasteiger partial charge >= 0.3 is 0 Å². The first-order valence-corrected chi connectivity index (χ1v) is 6.92. The van der Waals surface area contributed by atoms with Crippen LogP contribution in [0.5, 0.6) is 5.75 Å². The summed E-state index contributed by atoms with van der Waals surface area (Å²) < 4.78 is 5.93. The van der Waals surface area contributed by atoms with Gasteiger partial charge in [0.15, 0.2) is 5.84 Å². The van der Waals surface area contributed by atoms with Crippen molar-refractivity contribution < 1.29 is 9.94 Å². The molecule has 0 spiro atoms. The minimum Gasteiger partial charge on any atom is -0.490 e. The summed E-state index contributed by atoms with van der Waals surface area (Å²) >= 11 is 6.09. The molecule has 1 aliphatic carbocycles. The summed E-state index contributed by atoms with van der Waals surface area (Å²) in [4.78, 5) is 0. The van der Waals surface area contributed by atoms with Gasteiger partial charge in [-0.25, -0.2) is 0 Å². The van der Waals surface area contributed by atoms with E-state index in [4.69, 9.17) is 27.3 Å². The summed E-state index contributed by atoms with van der Waals surface area (Å²) in [6, 6.07) is 5.22. The molecule has 1 saturated carbocycles. The summed E-state index contributed by atoms with van der Waals surface area (Å²) in [5, 5.41) is 12.0. The second-order valence-electron chi connectivity index (χ2n) is 5.13. The van der Waals surface area contributed by atoms with Gasteiger partial charge in [0.05, 0.1) is 11.1 Å². The number of rotatable bonds is 3. The van der Waals surface area contributed by atoms with E-state index < -0.39 is 0 Å². The third-order valence-corrected chi connectivity index (χ3v) is 3.90. The molecule has 0 heterocycles. The lowest BCUT2D eigenvalue weighted by Crippen LogP contribution is -2.23. The number of hydrogen-bond acceptors (Lipinski definition) is 3. The molecule has 19 heavy (non-hydrogen) atoms. The van der Waals surface area contributed by atoms with E-state index in [1.165, 1.54) is 12.8 Å². The van der Waals surface area contributed by atoms with Crippen LogP contribution in [0, 0.1) is 5.92 Å². The van der Waals surface area contributed by atoms with E-state index in [0.717, 1.165) is 24.5 Å². The molecule has 0 aliphatic heterocycles. The first-order valence-electron chi connectivity index (χ1n) is 6.54. The van der Waals surface area contributed by atoms with E-state index in [0.29, 0.717) is 10.6 Å². The second-order valence-corrected chi connectivity index (χ2v) is 5.53. The Labute approximate surface area is 118 Å². The van der Waals surface area contributed by atoms with Gasteiger partial charge in [0.2, 0.25) is 0 Å². The van der Waals surface area contributed by atoms with Gasteiger partial charge in [0, 0.05) is 5.56 Å². The maximum atomic E-state index is 8.64. The Morgan fingerprint density at radius 1 is 1.37 bits per heavy atom. The van der Waals surface area contributed by atoms with Crippen LogP contribution in [0.25, 0.3) is 0 Å². The lowest BCUT2D eigenvalue weighted by Gasteiger charge is -2.27. The number of oxime groups is 1. The van der Waals surface area contributed by atoms with Gasteiger partial charge in [-0.1, -0.05) is 23.7 Å². The van der Waals surface area contributed by atoms with Crippen LogP contribution in [0.2, 0.25) is 5.02 Å². The lowest BCUT2D eigenvalue weighted by atomic mass is 9.89. The van der Waals surface area contributed by atoms with E-state index in [9.17, 15) is 0 Å². The van der Waals surface area contributed by atoms with Crippen molar-refractivity contribution in [2.24, 2.45) is 16.8 Å². The highest BCUT2D eigenvalue weighted by atomic mass is 35.5. The van der Waals surface area contributed by atoms with Crippen LogP contribution in [0.4, 0.5) is 0 Å². The van der Waals surface area contributed by atoms with Crippen molar-refractivity contribution in [3.8, 4) is 5.75 Å². The molecule has 3 N–H and O–H groups in total. The van der Waals surface area contributed by atoms with Gasteiger partial charge in [-0.3, -0.25) is 0 Å². The molecule has 2 rings (SSSR count). The quantitative estimate of drug-likeness (QED) is 0.386. The van der Waals surface area contributed by atoms with Crippen molar-refractivity contribution in [3.63, 3.8) is 0 Å². The predicted octanol–water partition coefficient (Wildman–Crippen LogP) is 3.39. The molecule has 1 fully saturated rings. The molecule has 1 aromatic rings. The second kappa shape index (κ2) is 6.15. The number of amidine groups is 1. The first kappa shape index (κ1) is 14.0. The Hall–Kier alpha value is -1.42. The van der Waals surface area contributed by atoms with Gasteiger partial charge < -0.3 is 15.7 Å². The fourth-order valence-electron chi connectivity index (χ4n) is 2.37. The van der Waals surface area contributed by atoms with E-state index in [1.54, 1.807) is 18.2 Å². The van der Waals surface area contributed by atoms with Crippen molar-refractivity contribution in [2.75, 3.05) is 0 Å². The highest BCUT2D eigenvalue weighted by Gasteiger charge is 2.19. The number of ether oxygens (including phenoxy) is 1. The molecule has 0 atom stereocenters. The molecule has 0 amide bonds. The summed E-state index contributed by atoms with van der Waals surface area (Å²) in [5.41, 5.74) is 6.03. The first-order chi connectivity index (χ1) is 9.10. The average Bonchev–Trinajstić information content (AvgIpc) is 2.41. The highest BCUT2D eigenvalue weighted by Crippen LogP contribution is 2.29. The van der Waals surface area contributed by atoms with Crippen molar-refractivity contribution in [1.29, 1.82) is 0 Å². The zero-order chi connectivity index (χ0) is 13.8. The Balaban J connectivity index is 2.04. The third-order valence-electron chi connectivity index (χ3n) is 3.59. The van der Waals surface area contributed by atoms with Crippen LogP contribution in [0.15, 0.2) is 23.4 Å². The molecule has 0 unspecified atom stereocenters. The molecular weight excluding hydrogens is 264 g/mol. The molecule has 0 bridgehead atoms. The Kier molecular flexibility index (Phi) is 4.53. The summed E-state index contributed by atoms with van der Waals surface area (Å²) in [6.07, 6.45) is 4.85. The Morgan fingerprint density at radius 2 is 2.05 bits per heavy atom. The van der Waals surface area contributed by atoms with Gasteiger partial charge in [-0.15, -0.1) is 0 Å². The lowest BCUT2D eigenvalue weighted by molar-refractivity contribution is 0.135. The average molecular weight is 283 g/mol. The number of halogens is 1. The SMILES string of the molecule is CC1CCC(Oc2ccc(C(N)=NO)c(Cl)c2)CC1. The van der Waals surface area contributed by atoms with E-state index in [-0.39, 0.29) is 11.9 Å². The van der Waals surface area contributed by atoms with E-state index >= 15 is 0 Å². The molecule has 5 heteroatoms. The van der Waals surface area contributed by atoms with Gasteiger partial charge in [0.25, 0.3) is 0 Å². The molecular formula is C14H19ClN2O2. The Morgan fingerprint density at radius 3 is 2.63 bits per heavy atom.